The highest BCUT2D eigenvalue weighted by atomic mass is 19.1. The number of carbonyl (C=O) groups excluding carboxylic acids is 1. The number of carboxylic acid groups (broad SMARTS) is 1. The van der Waals surface area contributed by atoms with Crippen LogP contribution >= 0.6 is 0 Å². The number of piperidine rings is 1. The summed E-state index contributed by atoms with van der Waals surface area (Å²) in [6.45, 7) is 0.908. The lowest BCUT2D eigenvalue weighted by atomic mass is 9.98. The van der Waals surface area contributed by atoms with E-state index in [0.29, 0.717) is 19.5 Å². The number of carboxylic acids is 1. The molecule has 1 aliphatic heterocycles. The molecule has 0 spiro atoms. The summed E-state index contributed by atoms with van der Waals surface area (Å²) in [4.78, 5) is 24.6. The van der Waals surface area contributed by atoms with E-state index >= 15 is 0 Å². The summed E-state index contributed by atoms with van der Waals surface area (Å²) in [6, 6.07) is 6.00. The van der Waals surface area contributed by atoms with Crippen molar-refractivity contribution in [1.82, 2.24) is 4.90 Å². The monoisotopic (exact) mass is 291 g/mol. The molecule has 0 radical (unpaired) electrons. The smallest absolute Gasteiger partial charge is 0.308 e. The molecule has 2 rings (SSSR count). The average Bonchev–Trinajstić information content (AvgIpc) is 2.49. The van der Waals surface area contributed by atoms with E-state index in [2.05, 4.69) is 0 Å². The summed E-state index contributed by atoms with van der Waals surface area (Å²) in [5.74, 6) is -1.66. The molecule has 21 heavy (non-hydrogen) atoms. The number of aliphatic carboxylic acids is 1. The highest BCUT2D eigenvalue weighted by Gasteiger charge is 2.27. The second kappa shape index (κ2) is 7.02. The standard InChI is InChI=1S/C16H18FNO3/c17-14-8-6-12(7-9-14)3-1-5-15(19)18-10-2-4-13(11-18)16(20)21/h1,3,6-9,13H,2,4-5,10-11H2,(H,20,21)/b3-1+/t13-/m0/s1. The number of hydrogen-bond acceptors (Lipinski definition) is 2. The molecule has 0 aliphatic carbocycles. The first kappa shape index (κ1) is 15.2. The number of hydrogen-bond donors (Lipinski definition) is 1. The van der Waals surface area contributed by atoms with Crippen LogP contribution in [0.1, 0.15) is 24.8 Å². The van der Waals surface area contributed by atoms with Gasteiger partial charge < -0.3 is 10.0 Å². The van der Waals surface area contributed by atoms with Gasteiger partial charge in [0.25, 0.3) is 0 Å². The van der Waals surface area contributed by atoms with Crippen molar-refractivity contribution in [3.05, 3.63) is 41.7 Å². The van der Waals surface area contributed by atoms with Crippen molar-refractivity contribution >= 4 is 18.0 Å². The van der Waals surface area contributed by atoms with E-state index in [-0.39, 0.29) is 18.1 Å². The zero-order valence-electron chi connectivity index (χ0n) is 11.7. The first-order valence-electron chi connectivity index (χ1n) is 6.99. The van der Waals surface area contributed by atoms with Crippen LogP contribution in [0.15, 0.2) is 30.3 Å². The van der Waals surface area contributed by atoms with Crippen molar-refractivity contribution in [2.45, 2.75) is 19.3 Å². The van der Waals surface area contributed by atoms with Crippen LogP contribution < -0.4 is 0 Å². The molecular formula is C16H18FNO3. The van der Waals surface area contributed by atoms with Gasteiger partial charge in [-0.3, -0.25) is 9.59 Å². The van der Waals surface area contributed by atoms with Crippen molar-refractivity contribution < 1.29 is 19.1 Å². The molecule has 1 heterocycles. The minimum Gasteiger partial charge on any atom is -0.481 e. The third-order valence-electron chi connectivity index (χ3n) is 3.60. The van der Waals surface area contributed by atoms with Crippen LogP contribution in [0.2, 0.25) is 0 Å². The number of carbonyl (C=O) groups is 2. The molecule has 0 bridgehead atoms. The zero-order chi connectivity index (χ0) is 15.2. The summed E-state index contributed by atoms with van der Waals surface area (Å²) in [5, 5.41) is 9.00. The normalized spacial score (nSPS) is 18.9. The van der Waals surface area contributed by atoms with E-state index in [1.165, 1.54) is 12.1 Å². The van der Waals surface area contributed by atoms with E-state index in [9.17, 15) is 14.0 Å². The summed E-state index contributed by atoms with van der Waals surface area (Å²) >= 11 is 0. The van der Waals surface area contributed by atoms with Crippen LogP contribution in [0, 0.1) is 11.7 Å². The maximum Gasteiger partial charge on any atom is 0.308 e. The molecule has 1 aromatic carbocycles. The molecule has 1 aliphatic rings. The molecule has 1 aromatic rings. The van der Waals surface area contributed by atoms with Crippen molar-refractivity contribution in [3.8, 4) is 0 Å². The lowest BCUT2D eigenvalue weighted by Crippen LogP contribution is -2.42. The SMILES string of the molecule is O=C(O)[C@H]1CCCN(C(=O)C/C=C/c2ccc(F)cc2)C1. The predicted molar refractivity (Wildman–Crippen MR) is 77.0 cm³/mol. The van der Waals surface area contributed by atoms with Crippen molar-refractivity contribution in [1.29, 1.82) is 0 Å². The zero-order valence-corrected chi connectivity index (χ0v) is 11.7. The number of rotatable bonds is 4. The van der Waals surface area contributed by atoms with Gasteiger partial charge in [0.15, 0.2) is 0 Å². The minimum absolute atomic E-state index is 0.0701. The molecule has 0 unspecified atom stereocenters. The number of likely N-dealkylation sites (tertiary alicyclic amines) is 1. The highest BCUT2D eigenvalue weighted by molar-refractivity contribution is 5.80. The van der Waals surface area contributed by atoms with Gasteiger partial charge >= 0.3 is 5.97 Å². The fraction of sp³-hybridized carbons (Fsp3) is 0.375. The van der Waals surface area contributed by atoms with Gasteiger partial charge in [-0.2, -0.15) is 0 Å². The predicted octanol–water partition coefficient (Wildman–Crippen LogP) is 2.55. The van der Waals surface area contributed by atoms with E-state index in [4.69, 9.17) is 5.11 Å². The highest BCUT2D eigenvalue weighted by Crippen LogP contribution is 2.17. The van der Waals surface area contributed by atoms with Crippen LogP contribution in [-0.2, 0) is 9.59 Å². The summed E-state index contributed by atoms with van der Waals surface area (Å²) < 4.78 is 12.7. The van der Waals surface area contributed by atoms with Crippen LogP contribution in [0.4, 0.5) is 4.39 Å². The lowest BCUT2D eigenvalue weighted by Gasteiger charge is -2.30. The maximum absolute atomic E-state index is 12.7. The van der Waals surface area contributed by atoms with Gasteiger partial charge in [0.05, 0.1) is 5.92 Å². The molecule has 1 amide bonds. The quantitative estimate of drug-likeness (QED) is 0.927. The Kier molecular flexibility index (Phi) is 5.09. The lowest BCUT2D eigenvalue weighted by molar-refractivity contribution is -0.145. The van der Waals surface area contributed by atoms with Gasteiger partial charge in [0.2, 0.25) is 5.91 Å². The van der Waals surface area contributed by atoms with Gasteiger partial charge in [0, 0.05) is 19.5 Å². The molecule has 1 fully saturated rings. The van der Waals surface area contributed by atoms with E-state index in [0.717, 1.165) is 12.0 Å². The second-order valence-electron chi connectivity index (χ2n) is 5.18. The van der Waals surface area contributed by atoms with Crippen LogP contribution in [0.3, 0.4) is 0 Å². The first-order chi connectivity index (χ1) is 10.1. The summed E-state index contributed by atoms with van der Waals surface area (Å²) in [5.41, 5.74) is 0.825. The molecule has 1 N–H and O–H groups in total. The fourth-order valence-corrected chi connectivity index (χ4v) is 2.40. The van der Waals surface area contributed by atoms with Gasteiger partial charge in [-0.25, -0.2) is 4.39 Å². The van der Waals surface area contributed by atoms with Crippen LogP contribution in [-0.4, -0.2) is 35.0 Å². The van der Waals surface area contributed by atoms with E-state index in [1.807, 2.05) is 0 Å². The third-order valence-corrected chi connectivity index (χ3v) is 3.60. The van der Waals surface area contributed by atoms with Crippen LogP contribution in [0.25, 0.3) is 6.08 Å². The topological polar surface area (TPSA) is 57.6 Å². The molecule has 112 valence electrons. The Morgan fingerprint density at radius 3 is 2.71 bits per heavy atom. The Morgan fingerprint density at radius 2 is 2.05 bits per heavy atom. The van der Waals surface area contributed by atoms with Gasteiger partial charge in [-0.05, 0) is 30.5 Å². The second-order valence-corrected chi connectivity index (χ2v) is 5.18. The number of benzene rings is 1. The molecule has 1 saturated heterocycles. The Bertz CT molecular complexity index is 539. The fourth-order valence-electron chi connectivity index (χ4n) is 2.40. The Labute approximate surface area is 122 Å². The van der Waals surface area contributed by atoms with Gasteiger partial charge in [0.1, 0.15) is 5.82 Å². The Hall–Kier alpha value is -2.17. The molecule has 4 nitrogen and oxygen atoms in total. The molecular weight excluding hydrogens is 273 g/mol. The van der Waals surface area contributed by atoms with Gasteiger partial charge in [-0.1, -0.05) is 24.3 Å². The molecule has 1 atom stereocenters. The minimum atomic E-state index is -0.839. The molecule has 0 saturated carbocycles. The maximum atomic E-state index is 12.7. The van der Waals surface area contributed by atoms with Crippen molar-refractivity contribution in [2.24, 2.45) is 5.92 Å². The largest absolute Gasteiger partial charge is 0.481 e. The van der Waals surface area contributed by atoms with E-state index < -0.39 is 11.9 Å². The van der Waals surface area contributed by atoms with Crippen molar-refractivity contribution in [2.75, 3.05) is 13.1 Å². The van der Waals surface area contributed by atoms with Gasteiger partial charge in [-0.15, -0.1) is 0 Å². The van der Waals surface area contributed by atoms with E-state index in [1.54, 1.807) is 29.2 Å². The molecule has 0 aromatic heterocycles. The Balaban J connectivity index is 1.86. The van der Waals surface area contributed by atoms with Crippen molar-refractivity contribution in [3.63, 3.8) is 0 Å². The Morgan fingerprint density at radius 1 is 1.33 bits per heavy atom. The van der Waals surface area contributed by atoms with Crippen LogP contribution in [0.5, 0.6) is 0 Å². The average molecular weight is 291 g/mol. The third kappa shape index (κ3) is 4.41. The molecule has 5 heteroatoms. The number of amides is 1. The number of nitrogens with zero attached hydrogens (tertiary/aromatic N) is 1. The summed E-state index contributed by atoms with van der Waals surface area (Å²) in [6.07, 6.45) is 5.06. The number of halogens is 1. The first-order valence-corrected chi connectivity index (χ1v) is 6.99. The summed E-state index contributed by atoms with van der Waals surface area (Å²) in [7, 11) is 0.